The van der Waals surface area contributed by atoms with E-state index in [4.69, 9.17) is 0 Å². The van der Waals surface area contributed by atoms with E-state index in [1.807, 2.05) is 0 Å². The summed E-state index contributed by atoms with van der Waals surface area (Å²) < 4.78 is 13.0. The largest absolute Gasteiger partial charge is 0.325 e. The number of carbonyl (C=O) groups excluding carboxylic acids is 1. The van der Waals surface area contributed by atoms with Crippen LogP contribution >= 0.6 is 0 Å². The minimum absolute atomic E-state index is 0.177. The third-order valence-electron chi connectivity index (χ3n) is 5.22. The minimum Gasteiger partial charge on any atom is -0.325 e. The summed E-state index contributed by atoms with van der Waals surface area (Å²) in [4.78, 5) is 12.5. The second-order valence-electron chi connectivity index (χ2n) is 7.32. The minimum atomic E-state index is -0.334. The van der Waals surface area contributed by atoms with Crippen LogP contribution in [-0.2, 0) is 6.42 Å². The second-order valence-corrected chi connectivity index (χ2v) is 7.32. The first kappa shape index (κ1) is 15.1. The van der Waals surface area contributed by atoms with E-state index in [2.05, 4.69) is 37.4 Å². The highest BCUT2D eigenvalue weighted by molar-refractivity contribution is 5.98. The molecule has 2 aromatic carbocycles. The lowest BCUT2D eigenvalue weighted by Crippen LogP contribution is -2.39. The summed E-state index contributed by atoms with van der Waals surface area (Å²) in [7, 11) is 0. The van der Waals surface area contributed by atoms with Crippen molar-refractivity contribution < 1.29 is 9.18 Å². The molecule has 1 N–H and O–H groups in total. The molecule has 24 heavy (non-hydrogen) atoms. The lowest BCUT2D eigenvalue weighted by molar-refractivity contribution is 0.0972. The SMILES string of the molecule is CC1(C)Cc2cccc3c2=C1CCC=3NC(=O)c1ccc(F)cc1. The fourth-order valence-electron chi connectivity index (χ4n) is 4.06. The van der Waals surface area contributed by atoms with Gasteiger partial charge in [-0.05, 0) is 59.7 Å². The van der Waals surface area contributed by atoms with Gasteiger partial charge in [0, 0.05) is 16.5 Å². The summed E-state index contributed by atoms with van der Waals surface area (Å²) in [5.41, 5.74) is 4.54. The number of halogens is 1. The monoisotopic (exact) mass is 321 g/mol. The first-order valence-corrected chi connectivity index (χ1v) is 8.37. The van der Waals surface area contributed by atoms with Crippen molar-refractivity contribution >= 4 is 17.2 Å². The van der Waals surface area contributed by atoms with E-state index in [-0.39, 0.29) is 17.1 Å². The lowest BCUT2D eigenvalue weighted by Gasteiger charge is -2.25. The Hall–Kier alpha value is -2.42. The van der Waals surface area contributed by atoms with E-state index in [0.29, 0.717) is 5.56 Å². The molecule has 2 aliphatic carbocycles. The van der Waals surface area contributed by atoms with E-state index in [0.717, 1.165) is 30.2 Å². The third kappa shape index (κ3) is 2.35. The van der Waals surface area contributed by atoms with Gasteiger partial charge in [-0.3, -0.25) is 4.79 Å². The molecule has 0 spiro atoms. The van der Waals surface area contributed by atoms with Crippen molar-refractivity contribution in [1.82, 2.24) is 5.32 Å². The van der Waals surface area contributed by atoms with Crippen LogP contribution in [0.25, 0.3) is 11.3 Å². The van der Waals surface area contributed by atoms with Crippen molar-refractivity contribution in [3.05, 3.63) is 69.8 Å². The molecule has 3 heteroatoms. The molecule has 2 nitrogen and oxygen atoms in total. The molecule has 0 radical (unpaired) electrons. The van der Waals surface area contributed by atoms with Gasteiger partial charge in [0.1, 0.15) is 5.82 Å². The van der Waals surface area contributed by atoms with Crippen molar-refractivity contribution in [1.29, 1.82) is 0 Å². The average molecular weight is 321 g/mol. The quantitative estimate of drug-likeness (QED) is 0.905. The molecule has 0 aliphatic heterocycles. The molecule has 1 amide bonds. The first-order chi connectivity index (χ1) is 11.5. The predicted molar refractivity (Wildman–Crippen MR) is 93.1 cm³/mol. The molecule has 2 aromatic rings. The van der Waals surface area contributed by atoms with Gasteiger partial charge in [0.05, 0.1) is 0 Å². The van der Waals surface area contributed by atoms with E-state index < -0.39 is 0 Å². The summed E-state index contributed by atoms with van der Waals surface area (Å²) >= 11 is 0. The van der Waals surface area contributed by atoms with Crippen molar-refractivity contribution in [2.45, 2.75) is 33.1 Å². The molecule has 0 atom stereocenters. The number of hydrogen-bond acceptors (Lipinski definition) is 1. The topological polar surface area (TPSA) is 29.1 Å². The van der Waals surface area contributed by atoms with Crippen molar-refractivity contribution in [2.75, 3.05) is 0 Å². The molecule has 0 saturated heterocycles. The summed E-state index contributed by atoms with van der Waals surface area (Å²) in [6.45, 7) is 4.60. The van der Waals surface area contributed by atoms with Crippen LogP contribution in [0.3, 0.4) is 0 Å². The maximum Gasteiger partial charge on any atom is 0.255 e. The zero-order valence-electron chi connectivity index (χ0n) is 13.9. The molecule has 0 bridgehead atoms. The Labute approximate surface area is 140 Å². The Kier molecular flexibility index (Phi) is 3.34. The molecule has 0 aromatic heterocycles. The molecule has 0 saturated carbocycles. The highest BCUT2D eigenvalue weighted by Gasteiger charge is 2.33. The highest BCUT2D eigenvalue weighted by atomic mass is 19.1. The maximum atomic E-state index is 13.0. The Morgan fingerprint density at radius 1 is 1.08 bits per heavy atom. The number of carbonyl (C=O) groups is 1. The molecule has 0 fully saturated rings. The fraction of sp³-hybridized carbons (Fsp3) is 0.286. The number of hydrogen-bond donors (Lipinski definition) is 1. The molecular weight excluding hydrogens is 301 g/mol. The summed E-state index contributed by atoms with van der Waals surface area (Å²) in [5.74, 6) is -0.512. The van der Waals surface area contributed by atoms with Crippen molar-refractivity contribution in [3.63, 3.8) is 0 Å². The van der Waals surface area contributed by atoms with Crippen molar-refractivity contribution in [2.24, 2.45) is 5.41 Å². The zero-order chi connectivity index (χ0) is 16.9. The summed E-state index contributed by atoms with van der Waals surface area (Å²) in [6.07, 6.45) is 2.88. The van der Waals surface area contributed by atoms with Crippen molar-refractivity contribution in [3.8, 4) is 0 Å². The predicted octanol–water partition coefficient (Wildman–Crippen LogP) is 2.89. The smallest absolute Gasteiger partial charge is 0.255 e. The lowest BCUT2D eigenvalue weighted by atomic mass is 9.81. The van der Waals surface area contributed by atoms with Crippen LogP contribution in [0.15, 0.2) is 42.5 Å². The second kappa shape index (κ2) is 5.30. The number of rotatable bonds is 2. The van der Waals surface area contributed by atoms with Crippen LogP contribution < -0.4 is 15.8 Å². The number of amides is 1. The van der Waals surface area contributed by atoms with Gasteiger partial charge in [-0.25, -0.2) is 4.39 Å². The number of nitrogens with one attached hydrogen (secondary N) is 1. The summed E-state index contributed by atoms with van der Waals surface area (Å²) in [5, 5.41) is 5.54. The van der Waals surface area contributed by atoms with E-state index >= 15 is 0 Å². The van der Waals surface area contributed by atoms with Gasteiger partial charge in [0.2, 0.25) is 0 Å². The third-order valence-corrected chi connectivity index (χ3v) is 5.22. The molecule has 4 rings (SSSR count). The van der Waals surface area contributed by atoms with Gasteiger partial charge in [0.15, 0.2) is 0 Å². The number of benzene rings is 2. The normalized spacial score (nSPS) is 17.6. The molecule has 122 valence electrons. The van der Waals surface area contributed by atoms with E-state index in [9.17, 15) is 9.18 Å². The van der Waals surface area contributed by atoms with Gasteiger partial charge in [-0.1, -0.05) is 37.6 Å². The Bertz CT molecular complexity index is 954. The van der Waals surface area contributed by atoms with Gasteiger partial charge in [-0.15, -0.1) is 0 Å². The van der Waals surface area contributed by atoms with Gasteiger partial charge in [-0.2, -0.15) is 0 Å². The molecule has 2 aliphatic rings. The fourth-order valence-corrected chi connectivity index (χ4v) is 4.06. The maximum absolute atomic E-state index is 13.0. The molecule has 0 heterocycles. The van der Waals surface area contributed by atoms with Crippen LogP contribution in [-0.4, -0.2) is 5.91 Å². The van der Waals surface area contributed by atoms with E-state index in [1.165, 1.54) is 40.6 Å². The standard InChI is InChI=1S/C21H20FNO/c1-21(2)12-14-4-3-5-16-18(11-10-17(21)19(14)16)23-20(24)13-6-8-15(22)9-7-13/h3-9H,10-12H2,1-2H3,(H,23,24). The summed E-state index contributed by atoms with van der Waals surface area (Å²) in [6, 6.07) is 12.0. The Balaban J connectivity index is 1.79. The average Bonchev–Trinajstić information content (AvgIpc) is 2.82. The van der Waals surface area contributed by atoms with Crippen LogP contribution in [0.4, 0.5) is 4.39 Å². The van der Waals surface area contributed by atoms with Gasteiger partial charge < -0.3 is 5.32 Å². The van der Waals surface area contributed by atoms with Crippen LogP contribution in [0.2, 0.25) is 0 Å². The molecule has 0 unspecified atom stereocenters. The van der Waals surface area contributed by atoms with E-state index in [1.54, 1.807) is 0 Å². The van der Waals surface area contributed by atoms with Crippen LogP contribution in [0.5, 0.6) is 0 Å². The van der Waals surface area contributed by atoms with Crippen LogP contribution in [0.1, 0.15) is 42.6 Å². The van der Waals surface area contributed by atoms with Gasteiger partial charge in [0.25, 0.3) is 5.91 Å². The zero-order valence-corrected chi connectivity index (χ0v) is 13.9. The van der Waals surface area contributed by atoms with Crippen LogP contribution in [0, 0.1) is 11.2 Å². The molecular formula is C21H20FNO. The Morgan fingerprint density at radius 3 is 2.58 bits per heavy atom. The first-order valence-electron chi connectivity index (χ1n) is 8.37. The van der Waals surface area contributed by atoms with Gasteiger partial charge >= 0.3 is 0 Å². The highest BCUT2D eigenvalue weighted by Crippen LogP contribution is 2.38. The Morgan fingerprint density at radius 2 is 1.83 bits per heavy atom.